The smallest absolute Gasteiger partial charge is 1.00 e. The molecular formula is C23H33N4NaO5. The first kappa shape index (κ1) is 27.3. The van der Waals surface area contributed by atoms with Crippen molar-refractivity contribution in [2.24, 2.45) is 0 Å². The number of rotatable bonds is 11. The third-order valence-electron chi connectivity index (χ3n) is 5.53. The molecule has 0 amide bonds. The van der Waals surface area contributed by atoms with Gasteiger partial charge in [-0.3, -0.25) is 9.36 Å². The van der Waals surface area contributed by atoms with Crippen molar-refractivity contribution in [3.63, 3.8) is 0 Å². The van der Waals surface area contributed by atoms with Gasteiger partial charge in [0.2, 0.25) is 0 Å². The topological polar surface area (TPSA) is 106 Å². The Labute approximate surface area is 217 Å². The first-order chi connectivity index (χ1) is 15.3. The molecule has 0 aliphatic carbocycles. The molecule has 1 aliphatic heterocycles. The zero-order chi connectivity index (χ0) is 23.3. The monoisotopic (exact) mass is 468 g/mol. The van der Waals surface area contributed by atoms with Gasteiger partial charge < -0.3 is 21.0 Å². The Hall–Kier alpha value is -1.91. The number of hydrogen-bond acceptors (Lipinski definition) is 7. The van der Waals surface area contributed by atoms with Crippen molar-refractivity contribution < 1.29 is 50.4 Å². The van der Waals surface area contributed by atoms with Crippen LogP contribution in [0.1, 0.15) is 51.2 Å². The molecule has 0 saturated heterocycles. The van der Waals surface area contributed by atoms with Crippen LogP contribution in [0, 0.1) is 6.92 Å². The average molecular weight is 469 g/mol. The molecule has 0 fully saturated rings. The molecule has 2 heterocycles. The molecule has 0 radical (unpaired) electrons. The van der Waals surface area contributed by atoms with Crippen LogP contribution in [-0.4, -0.2) is 47.0 Å². The van der Waals surface area contributed by atoms with Gasteiger partial charge in [0, 0.05) is 20.1 Å². The van der Waals surface area contributed by atoms with Crippen molar-refractivity contribution in [2.45, 2.75) is 58.7 Å². The number of carboxylic acid groups (broad SMARTS) is 1. The van der Waals surface area contributed by atoms with E-state index in [0.717, 1.165) is 24.1 Å². The van der Waals surface area contributed by atoms with Gasteiger partial charge in [-0.05, 0) is 38.0 Å². The molecule has 1 aliphatic rings. The van der Waals surface area contributed by atoms with Crippen molar-refractivity contribution in [2.75, 3.05) is 25.3 Å². The van der Waals surface area contributed by atoms with Gasteiger partial charge in [0.25, 0.3) is 5.56 Å². The van der Waals surface area contributed by atoms with Crippen LogP contribution in [0.2, 0.25) is 0 Å². The number of carboxylic acids is 1. The third-order valence-corrected chi connectivity index (χ3v) is 5.53. The fourth-order valence-corrected chi connectivity index (χ4v) is 3.95. The molecule has 2 unspecified atom stereocenters. The summed E-state index contributed by atoms with van der Waals surface area (Å²) in [6, 6.07) is 7.31. The number of nitrogens with one attached hydrogen (secondary N) is 1. The molecule has 10 heteroatoms. The molecule has 0 spiro atoms. The van der Waals surface area contributed by atoms with Gasteiger partial charge in [0.05, 0.1) is 18.3 Å². The number of hydrogen-bond donors (Lipinski definition) is 2. The van der Waals surface area contributed by atoms with E-state index in [1.54, 1.807) is 28.6 Å². The van der Waals surface area contributed by atoms with Crippen molar-refractivity contribution in [3.8, 4) is 5.75 Å². The summed E-state index contributed by atoms with van der Waals surface area (Å²) in [5.41, 5.74) is 5.50. The van der Waals surface area contributed by atoms with Gasteiger partial charge in [0.15, 0.2) is 6.10 Å². The number of carbonyl (C=O) groups is 1. The summed E-state index contributed by atoms with van der Waals surface area (Å²) in [5.74, 6) is 0.345. The number of anilines is 1. The summed E-state index contributed by atoms with van der Waals surface area (Å²) in [6.45, 7) is 6.77. The zero-order valence-corrected chi connectivity index (χ0v) is 22.1. The maximum atomic E-state index is 13.1. The number of nitrogens with zero attached hydrogens (tertiary/aromatic N) is 3. The predicted octanol–water partition coefficient (Wildman–Crippen LogP) is -0.425. The van der Waals surface area contributed by atoms with Gasteiger partial charge in [-0.1, -0.05) is 25.5 Å². The molecular weight excluding hydrogens is 435 g/mol. The molecule has 1 aromatic heterocycles. The Morgan fingerprint density at radius 3 is 2.61 bits per heavy atom. The normalized spacial score (nSPS) is 15.6. The molecule has 2 N–H and O–H groups in total. The van der Waals surface area contributed by atoms with E-state index in [0.29, 0.717) is 43.4 Å². The molecule has 2 atom stereocenters. The fourth-order valence-electron chi connectivity index (χ4n) is 3.95. The maximum Gasteiger partial charge on any atom is 1.00 e. The maximum absolute atomic E-state index is 13.1. The Kier molecular flexibility index (Phi) is 10.4. The minimum atomic E-state index is -0.974. The number of fused-ring (bicyclic) bond motifs is 1. The molecule has 33 heavy (non-hydrogen) atoms. The molecule has 9 nitrogen and oxygen atoms in total. The second-order valence-corrected chi connectivity index (χ2v) is 7.86. The van der Waals surface area contributed by atoms with Crippen LogP contribution in [-0.2, 0) is 22.5 Å². The molecule has 0 saturated carbocycles. The summed E-state index contributed by atoms with van der Waals surface area (Å²) >= 11 is 0. The molecule has 3 rings (SSSR count). The predicted molar refractivity (Wildman–Crippen MR) is 122 cm³/mol. The van der Waals surface area contributed by atoms with E-state index in [1.807, 2.05) is 26.1 Å². The Morgan fingerprint density at radius 2 is 2.00 bits per heavy atom. The van der Waals surface area contributed by atoms with Crippen LogP contribution in [0.3, 0.4) is 0 Å². The average Bonchev–Trinajstić information content (AvgIpc) is 3.06. The quantitative estimate of drug-likeness (QED) is 0.429. The standard InChI is InChI=1S/C23H32N4O5.Na.H/c1-5-7-18-20-21(26(4)25-18)22(28)27(15(3)24-20)12-13-32-17-10-8-16(9-11-17)14-19(23(29)30)31-6-2;;/h8-11,18-19,25H,5-7,12-14H2,1-4H3,(H,29,30);;/q;+1;-1. The van der Waals surface area contributed by atoms with E-state index in [-0.39, 0.29) is 42.6 Å². The SMILES string of the molecule is CCCC1NN(C)c2c1nc(C)n(CCOc1ccc(CC(OCC)C(=O)O)cc1)c2=O.[H-].[Na+]. The largest absolute Gasteiger partial charge is 1.00 e. The van der Waals surface area contributed by atoms with Gasteiger partial charge in [-0.25, -0.2) is 15.2 Å². The Morgan fingerprint density at radius 1 is 1.30 bits per heavy atom. The zero-order valence-electron chi connectivity index (χ0n) is 21.1. The molecule has 176 valence electrons. The number of aliphatic carboxylic acids is 1. The van der Waals surface area contributed by atoms with E-state index in [2.05, 4.69) is 12.3 Å². The summed E-state index contributed by atoms with van der Waals surface area (Å²) in [6.07, 6.45) is 1.35. The number of hydrazine groups is 1. The van der Waals surface area contributed by atoms with Crippen LogP contribution in [0.25, 0.3) is 0 Å². The van der Waals surface area contributed by atoms with E-state index in [1.165, 1.54) is 0 Å². The van der Waals surface area contributed by atoms with Gasteiger partial charge in [-0.2, -0.15) is 0 Å². The summed E-state index contributed by atoms with van der Waals surface area (Å²) in [5, 5.41) is 11.0. The molecule has 0 bridgehead atoms. The van der Waals surface area contributed by atoms with Crippen LogP contribution in [0.4, 0.5) is 5.69 Å². The Balaban J connectivity index is 0.00000289. The number of aryl methyl sites for hydroxylation is 1. The minimum absolute atomic E-state index is 0. The van der Waals surface area contributed by atoms with Gasteiger partial charge >= 0.3 is 35.5 Å². The number of ether oxygens (including phenoxy) is 2. The van der Waals surface area contributed by atoms with Crippen LogP contribution >= 0.6 is 0 Å². The second kappa shape index (κ2) is 12.5. The van der Waals surface area contributed by atoms with Crippen LogP contribution < -0.4 is 50.3 Å². The summed E-state index contributed by atoms with van der Waals surface area (Å²) in [7, 11) is 1.84. The van der Waals surface area contributed by atoms with Gasteiger partial charge in [-0.15, -0.1) is 0 Å². The minimum Gasteiger partial charge on any atom is -1.00 e. The third kappa shape index (κ3) is 6.58. The van der Waals surface area contributed by atoms with Crippen molar-refractivity contribution in [1.82, 2.24) is 15.0 Å². The molecule has 1 aromatic carbocycles. The summed E-state index contributed by atoms with van der Waals surface area (Å²) in [4.78, 5) is 29.0. The molecule has 2 aromatic rings. The number of aromatic nitrogens is 2. The van der Waals surface area contributed by atoms with E-state index in [9.17, 15) is 14.7 Å². The van der Waals surface area contributed by atoms with Crippen molar-refractivity contribution in [3.05, 3.63) is 51.7 Å². The Bertz CT molecular complexity index is 1000. The second-order valence-electron chi connectivity index (χ2n) is 7.86. The van der Waals surface area contributed by atoms with Gasteiger partial charge in [0.1, 0.15) is 23.9 Å². The van der Waals surface area contributed by atoms with Crippen LogP contribution in [0.5, 0.6) is 5.75 Å². The van der Waals surface area contributed by atoms with E-state index < -0.39 is 12.1 Å². The fraction of sp³-hybridized carbons (Fsp3) is 0.522. The number of benzene rings is 1. The van der Waals surface area contributed by atoms with E-state index >= 15 is 0 Å². The first-order valence-corrected chi connectivity index (χ1v) is 11.0. The summed E-state index contributed by atoms with van der Waals surface area (Å²) < 4.78 is 12.7. The van der Waals surface area contributed by atoms with Crippen molar-refractivity contribution >= 4 is 11.7 Å². The van der Waals surface area contributed by atoms with E-state index in [4.69, 9.17) is 14.5 Å². The van der Waals surface area contributed by atoms with Crippen LogP contribution in [0.15, 0.2) is 29.1 Å². The first-order valence-electron chi connectivity index (χ1n) is 11.0. The van der Waals surface area contributed by atoms with Crippen molar-refractivity contribution in [1.29, 1.82) is 0 Å².